The number of halogens is 2. The monoisotopic (exact) mass is 303 g/mol. The van der Waals surface area contributed by atoms with Crippen LogP contribution in [0.25, 0.3) is 0 Å². The Morgan fingerprint density at radius 1 is 1.59 bits per heavy atom. The van der Waals surface area contributed by atoms with Gasteiger partial charge in [0.15, 0.2) is 0 Å². The molecule has 3 nitrogen and oxygen atoms in total. The SMILES string of the molecule is CC(C)(CC(=O)O)C(N)c1cc(Br)ccc1F. The lowest BCUT2D eigenvalue weighted by atomic mass is 9.78. The number of aliphatic carboxylic acids is 1. The first-order valence-electron chi connectivity index (χ1n) is 5.16. The first-order valence-corrected chi connectivity index (χ1v) is 5.95. The zero-order chi connectivity index (χ0) is 13.2. The summed E-state index contributed by atoms with van der Waals surface area (Å²) in [5.74, 6) is -1.36. The van der Waals surface area contributed by atoms with Crippen LogP contribution in [0.3, 0.4) is 0 Å². The van der Waals surface area contributed by atoms with Crippen molar-refractivity contribution in [2.24, 2.45) is 11.1 Å². The first kappa shape index (κ1) is 14.1. The van der Waals surface area contributed by atoms with Crippen LogP contribution in [0.15, 0.2) is 22.7 Å². The Balaban J connectivity index is 3.06. The van der Waals surface area contributed by atoms with Crippen LogP contribution in [0.5, 0.6) is 0 Å². The van der Waals surface area contributed by atoms with Crippen LogP contribution in [0.4, 0.5) is 4.39 Å². The summed E-state index contributed by atoms with van der Waals surface area (Å²) in [6, 6.07) is 3.81. The lowest BCUT2D eigenvalue weighted by Crippen LogP contribution is -2.32. The minimum Gasteiger partial charge on any atom is -0.481 e. The van der Waals surface area contributed by atoms with Crippen LogP contribution < -0.4 is 5.73 Å². The fourth-order valence-electron chi connectivity index (χ4n) is 1.67. The van der Waals surface area contributed by atoms with Gasteiger partial charge in [-0.2, -0.15) is 0 Å². The normalized spacial score (nSPS) is 13.5. The standard InChI is InChI=1S/C12H15BrFNO2/c1-12(2,6-10(16)17)11(15)8-5-7(13)3-4-9(8)14/h3-5,11H,6,15H2,1-2H3,(H,16,17). The molecule has 5 heteroatoms. The lowest BCUT2D eigenvalue weighted by molar-refractivity contribution is -0.139. The molecule has 1 atom stereocenters. The highest BCUT2D eigenvalue weighted by atomic mass is 79.9. The minimum absolute atomic E-state index is 0.111. The number of rotatable bonds is 4. The summed E-state index contributed by atoms with van der Waals surface area (Å²) in [4.78, 5) is 10.7. The molecule has 0 fully saturated rings. The maximum atomic E-state index is 13.6. The summed E-state index contributed by atoms with van der Waals surface area (Å²) in [5.41, 5.74) is 5.58. The third-order valence-corrected chi connectivity index (χ3v) is 3.24. The zero-order valence-corrected chi connectivity index (χ0v) is 11.3. The average Bonchev–Trinajstić information content (AvgIpc) is 2.18. The molecule has 0 aliphatic heterocycles. The molecule has 0 amide bonds. The van der Waals surface area contributed by atoms with Crippen molar-refractivity contribution >= 4 is 21.9 Å². The summed E-state index contributed by atoms with van der Waals surface area (Å²) < 4.78 is 14.4. The van der Waals surface area contributed by atoms with Crippen molar-refractivity contribution in [2.75, 3.05) is 0 Å². The van der Waals surface area contributed by atoms with Gasteiger partial charge in [-0.25, -0.2) is 4.39 Å². The second-order valence-electron chi connectivity index (χ2n) is 4.70. The highest BCUT2D eigenvalue weighted by molar-refractivity contribution is 9.10. The van der Waals surface area contributed by atoms with Gasteiger partial charge in [0.25, 0.3) is 0 Å². The highest BCUT2D eigenvalue weighted by Crippen LogP contribution is 2.36. The predicted octanol–water partition coefficient (Wildman–Crippen LogP) is 3.09. The molecule has 1 unspecified atom stereocenters. The van der Waals surface area contributed by atoms with Crippen molar-refractivity contribution in [1.29, 1.82) is 0 Å². The molecule has 94 valence electrons. The molecule has 0 bridgehead atoms. The smallest absolute Gasteiger partial charge is 0.303 e. The second kappa shape index (κ2) is 5.14. The third-order valence-electron chi connectivity index (χ3n) is 2.74. The van der Waals surface area contributed by atoms with E-state index in [9.17, 15) is 9.18 Å². The third kappa shape index (κ3) is 3.51. The van der Waals surface area contributed by atoms with E-state index >= 15 is 0 Å². The summed E-state index contributed by atoms with van der Waals surface area (Å²) in [7, 11) is 0. The Labute approximate surface area is 108 Å². The molecular weight excluding hydrogens is 289 g/mol. The molecule has 0 heterocycles. The van der Waals surface area contributed by atoms with E-state index < -0.39 is 23.2 Å². The number of hydrogen-bond donors (Lipinski definition) is 2. The summed E-state index contributed by atoms with van der Waals surface area (Å²) in [5, 5.41) is 8.81. The van der Waals surface area contributed by atoms with Crippen LogP contribution in [0.1, 0.15) is 31.9 Å². The molecular formula is C12H15BrFNO2. The van der Waals surface area contributed by atoms with Gasteiger partial charge in [-0.05, 0) is 23.6 Å². The second-order valence-corrected chi connectivity index (χ2v) is 5.62. The van der Waals surface area contributed by atoms with E-state index in [1.165, 1.54) is 6.07 Å². The van der Waals surface area contributed by atoms with Gasteiger partial charge in [0.1, 0.15) is 5.82 Å². The van der Waals surface area contributed by atoms with E-state index in [1.54, 1.807) is 26.0 Å². The Morgan fingerprint density at radius 2 is 2.18 bits per heavy atom. The van der Waals surface area contributed by atoms with Crippen molar-refractivity contribution in [3.05, 3.63) is 34.1 Å². The van der Waals surface area contributed by atoms with Gasteiger partial charge in [0.2, 0.25) is 0 Å². The summed E-state index contributed by atoms with van der Waals surface area (Å²) >= 11 is 3.24. The van der Waals surface area contributed by atoms with E-state index in [0.717, 1.165) is 4.47 Å². The van der Waals surface area contributed by atoms with E-state index in [-0.39, 0.29) is 6.42 Å². The van der Waals surface area contributed by atoms with Crippen LogP contribution in [-0.2, 0) is 4.79 Å². The molecule has 0 saturated carbocycles. The molecule has 17 heavy (non-hydrogen) atoms. The maximum absolute atomic E-state index is 13.6. The number of benzene rings is 1. The van der Waals surface area contributed by atoms with E-state index in [4.69, 9.17) is 10.8 Å². The van der Waals surface area contributed by atoms with Gasteiger partial charge in [0, 0.05) is 16.1 Å². The zero-order valence-electron chi connectivity index (χ0n) is 9.71. The Kier molecular flexibility index (Phi) is 4.27. The number of nitrogens with two attached hydrogens (primary N) is 1. The molecule has 3 N–H and O–H groups in total. The average molecular weight is 304 g/mol. The van der Waals surface area contributed by atoms with Crippen LogP contribution >= 0.6 is 15.9 Å². The molecule has 1 rings (SSSR count). The highest BCUT2D eigenvalue weighted by Gasteiger charge is 2.32. The molecule has 1 aromatic rings. The van der Waals surface area contributed by atoms with Gasteiger partial charge >= 0.3 is 5.97 Å². The number of carbonyl (C=O) groups is 1. The molecule has 0 aliphatic rings. The van der Waals surface area contributed by atoms with Gasteiger partial charge in [-0.15, -0.1) is 0 Å². The van der Waals surface area contributed by atoms with E-state index in [0.29, 0.717) is 5.56 Å². The Morgan fingerprint density at radius 3 is 2.71 bits per heavy atom. The number of hydrogen-bond acceptors (Lipinski definition) is 2. The maximum Gasteiger partial charge on any atom is 0.303 e. The van der Waals surface area contributed by atoms with Gasteiger partial charge < -0.3 is 10.8 Å². The predicted molar refractivity (Wildman–Crippen MR) is 67.1 cm³/mol. The topological polar surface area (TPSA) is 63.3 Å². The Hall–Kier alpha value is -0.940. The number of carboxylic acids is 1. The van der Waals surface area contributed by atoms with Crippen LogP contribution in [-0.4, -0.2) is 11.1 Å². The molecule has 0 spiro atoms. The minimum atomic E-state index is -0.944. The summed E-state index contributed by atoms with van der Waals surface area (Å²) in [6.07, 6.45) is -0.111. The first-order chi connectivity index (χ1) is 7.74. The fourth-order valence-corrected chi connectivity index (χ4v) is 2.05. The van der Waals surface area contributed by atoms with Crippen molar-refractivity contribution in [1.82, 2.24) is 0 Å². The lowest BCUT2D eigenvalue weighted by Gasteiger charge is -2.30. The van der Waals surface area contributed by atoms with Gasteiger partial charge in [-0.3, -0.25) is 4.79 Å². The van der Waals surface area contributed by atoms with Crippen molar-refractivity contribution < 1.29 is 14.3 Å². The molecule has 1 aromatic carbocycles. The molecule has 0 aromatic heterocycles. The van der Waals surface area contributed by atoms with Crippen molar-refractivity contribution in [3.63, 3.8) is 0 Å². The van der Waals surface area contributed by atoms with Crippen LogP contribution in [0.2, 0.25) is 0 Å². The van der Waals surface area contributed by atoms with E-state index in [2.05, 4.69) is 15.9 Å². The quantitative estimate of drug-likeness (QED) is 0.898. The largest absolute Gasteiger partial charge is 0.481 e. The van der Waals surface area contributed by atoms with Crippen molar-refractivity contribution in [3.8, 4) is 0 Å². The molecule has 0 saturated heterocycles. The van der Waals surface area contributed by atoms with Crippen LogP contribution in [0, 0.1) is 11.2 Å². The molecule has 0 radical (unpaired) electrons. The fraction of sp³-hybridized carbons (Fsp3) is 0.417. The van der Waals surface area contributed by atoms with Gasteiger partial charge in [0.05, 0.1) is 6.42 Å². The molecule has 0 aliphatic carbocycles. The summed E-state index contributed by atoms with van der Waals surface area (Å²) in [6.45, 7) is 3.43. The van der Waals surface area contributed by atoms with E-state index in [1.807, 2.05) is 0 Å². The van der Waals surface area contributed by atoms with Crippen molar-refractivity contribution in [2.45, 2.75) is 26.3 Å². The Bertz CT molecular complexity index is 435. The van der Waals surface area contributed by atoms with Gasteiger partial charge in [-0.1, -0.05) is 29.8 Å². The number of carboxylic acid groups (broad SMARTS) is 1.